The van der Waals surface area contributed by atoms with Crippen molar-refractivity contribution in [2.45, 2.75) is 19.3 Å². The fourth-order valence-corrected chi connectivity index (χ4v) is 2.44. The molecule has 6 nitrogen and oxygen atoms in total. The third-order valence-electron chi connectivity index (χ3n) is 3.30. The van der Waals surface area contributed by atoms with Crippen LogP contribution in [0.3, 0.4) is 0 Å². The molecule has 1 N–H and O–H groups in total. The van der Waals surface area contributed by atoms with Crippen molar-refractivity contribution >= 4 is 22.2 Å². The van der Waals surface area contributed by atoms with E-state index in [-0.39, 0.29) is 22.1 Å². The molecule has 0 atom stereocenters. The smallest absolute Gasteiger partial charge is 0.316 e. The van der Waals surface area contributed by atoms with E-state index in [0.29, 0.717) is 5.69 Å². The minimum Gasteiger partial charge on any atom is -0.316 e. The number of allylic oxidation sites excluding steroid dienone is 2. The summed E-state index contributed by atoms with van der Waals surface area (Å²) in [6.07, 6.45) is 5.98. The van der Waals surface area contributed by atoms with E-state index in [4.69, 9.17) is 0 Å². The van der Waals surface area contributed by atoms with E-state index in [0.717, 1.165) is 24.8 Å². The van der Waals surface area contributed by atoms with Gasteiger partial charge in [-0.05, 0) is 37.0 Å². The average molecular weight is 257 g/mol. The molecule has 0 saturated heterocycles. The number of nitro groups is 1. The Morgan fingerprint density at radius 1 is 1.42 bits per heavy atom. The number of nitrogens with zero attached hydrogens (tertiary/aromatic N) is 2. The van der Waals surface area contributed by atoms with Crippen LogP contribution in [0.1, 0.15) is 25.0 Å². The number of nitrogens with one attached hydrogen (secondary N) is 1. The summed E-state index contributed by atoms with van der Waals surface area (Å²) in [6.45, 7) is 0. The lowest BCUT2D eigenvalue weighted by Gasteiger charge is -2.06. The molecule has 0 spiro atoms. The Balaban J connectivity index is 2.42. The summed E-state index contributed by atoms with van der Waals surface area (Å²) in [7, 11) is 0. The van der Waals surface area contributed by atoms with Crippen molar-refractivity contribution in [2.24, 2.45) is 0 Å². The van der Waals surface area contributed by atoms with E-state index < -0.39 is 4.92 Å². The Morgan fingerprint density at radius 2 is 2.26 bits per heavy atom. The second-order valence-electron chi connectivity index (χ2n) is 4.46. The Hall–Kier alpha value is -2.50. The first kappa shape index (κ1) is 11.6. The van der Waals surface area contributed by atoms with E-state index in [2.05, 4.69) is 9.97 Å². The number of hydrogen-bond acceptors (Lipinski definition) is 4. The van der Waals surface area contributed by atoms with Gasteiger partial charge >= 0.3 is 5.69 Å². The first-order valence-electron chi connectivity index (χ1n) is 6.03. The highest BCUT2D eigenvalue weighted by molar-refractivity contribution is 5.91. The van der Waals surface area contributed by atoms with Gasteiger partial charge in [0.1, 0.15) is 5.69 Å². The summed E-state index contributed by atoms with van der Waals surface area (Å²) in [5, 5.41) is 11.6. The van der Waals surface area contributed by atoms with Crippen LogP contribution in [0.15, 0.2) is 29.2 Å². The molecule has 0 radical (unpaired) electrons. The molecule has 2 aromatic heterocycles. The minimum absolute atomic E-state index is 0.108. The van der Waals surface area contributed by atoms with Crippen molar-refractivity contribution in [1.82, 2.24) is 9.97 Å². The zero-order valence-electron chi connectivity index (χ0n) is 10.0. The van der Waals surface area contributed by atoms with Gasteiger partial charge in [-0.2, -0.15) is 0 Å². The highest BCUT2D eigenvalue weighted by Crippen LogP contribution is 2.34. The molecule has 19 heavy (non-hydrogen) atoms. The molecule has 3 rings (SSSR count). The molecule has 0 bridgehead atoms. The third kappa shape index (κ3) is 1.81. The highest BCUT2D eigenvalue weighted by atomic mass is 16.6. The van der Waals surface area contributed by atoms with E-state index in [1.165, 1.54) is 6.20 Å². The summed E-state index contributed by atoms with van der Waals surface area (Å²) >= 11 is 0. The van der Waals surface area contributed by atoms with Crippen LogP contribution in [0.25, 0.3) is 16.5 Å². The van der Waals surface area contributed by atoms with E-state index in [9.17, 15) is 14.9 Å². The second kappa shape index (κ2) is 4.31. The van der Waals surface area contributed by atoms with Gasteiger partial charge in [0.2, 0.25) is 0 Å². The van der Waals surface area contributed by atoms with E-state index in [1.807, 2.05) is 6.08 Å². The zero-order chi connectivity index (χ0) is 13.4. The molecule has 1 aliphatic rings. The molecule has 2 heterocycles. The van der Waals surface area contributed by atoms with Gasteiger partial charge in [-0.3, -0.25) is 14.9 Å². The number of H-pyrrole nitrogens is 1. The molecular formula is C13H11N3O3. The van der Waals surface area contributed by atoms with Crippen molar-refractivity contribution in [2.75, 3.05) is 0 Å². The quantitative estimate of drug-likeness (QED) is 0.660. The maximum Gasteiger partial charge on any atom is 0.319 e. The van der Waals surface area contributed by atoms with Gasteiger partial charge in [0, 0.05) is 6.20 Å². The Kier molecular flexibility index (Phi) is 2.63. The Bertz CT molecular complexity index is 761. The molecule has 1 aliphatic carbocycles. The fourth-order valence-electron chi connectivity index (χ4n) is 2.44. The van der Waals surface area contributed by atoms with Crippen molar-refractivity contribution in [1.29, 1.82) is 0 Å². The highest BCUT2D eigenvalue weighted by Gasteiger charge is 2.25. The summed E-state index contributed by atoms with van der Waals surface area (Å²) in [4.78, 5) is 29.5. The molecular weight excluding hydrogens is 246 g/mol. The predicted octanol–water partition coefficient (Wildman–Crippen LogP) is 2.40. The maximum atomic E-state index is 12.0. The standard InChI is InChI=1S/C13H11N3O3/c17-13-9-6-3-7-14-11(9)12(16(18)19)10(15-13)8-4-1-2-5-8/h3-4,6-7H,1-2,5H2,(H,15,17). The van der Waals surface area contributed by atoms with Crippen LogP contribution in [0, 0.1) is 10.1 Å². The van der Waals surface area contributed by atoms with Gasteiger partial charge in [0.25, 0.3) is 5.56 Å². The maximum absolute atomic E-state index is 12.0. The fraction of sp³-hybridized carbons (Fsp3) is 0.231. The third-order valence-corrected chi connectivity index (χ3v) is 3.30. The molecule has 0 unspecified atom stereocenters. The first-order chi connectivity index (χ1) is 9.18. The normalized spacial score (nSPS) is 14.6. The molecule has 0 aromatic carbocycles. The zero-order valence-corrected chi connectivity index (χ0v) is 10.0. The lowest BCUT2D eigenvalue weighted by molar-refractivity contribution is -0.383. The van der Waals surface area contributed by atoms with Crippen LogP contribution >= 0.6 is 0 Å². The Labute approximate surface area is 107 Å². The van der Waals surface area contributed by atoms with Crippen molar-refractivity contribution in [3.05, 3.63) is 50.6 Å². The van der Waals surface area contributed by atoms with Crippen molar-refractivity contribution in [3.8, 4) is 0 Å². The summed E-state index contributed by atoms with van der Waals surface area (Å²) < 4.78 is 0. The molecule has 0 aliphatic heterocycles. The number of fused-ring (bicyclic) bond motifs is 1. The number of aromatic nitrogens is 2. The van der Waals surface area contributed by atoms with Gasteiger partial charge in [0.05, 0.1) is 10.3 Å². The van der Waals surface area contributed by atoms with Gasteiger partial charge in [-0.1, -0.05) is 6.08 Å². The average Bonchev–Trinajstić information content (AvgIpc) is 2.92. The molecule has 0 saturated carbocycles. The number of hydrogen-bond donors (Lipinski definition) is 1. The van der Waals surface area contributed by atoms with Gasteiger partial charge in [0.15, 0.2) is 5.52 Å². The van der Waals surface area contributed by atoms with Crippen LogP contribution < -0.4 is 5.56 Å². The minimum atomic E-state index is -0.472. The predicted molar refractivity (Wildman–Crippen MR) is 70.8 cm³/mol. The van der Waals surface area contributed by atoms with E-state index in [1.54, 1.807) is 12.1 Å². The van der Waals surface area contributed by atoms with Crippen LogP contribution in [-0.4, -0.2) is 14.9 Å². The largest absolute Gasteiger partial charge is 0.319 e. The second-order valence-corrected chi connectivity index (χ2v) is 4.46. The van der Waals surface area contributed by atoms with Crippen LogP contribution in [-0.2, 0) is 0 Å². The van der Waals surface area contributed by atoms with Crippen LogP contribution in [0.2, 0.25) is 0 Å². The number of pyridine rings is 2. The Morgan fingerprint density at radius 3 is 2.95 bits per heavy atom. The van der Waals surface area contributed by atoms with Gasteiger partial charge in [-0.15, -0.1) is 0 Å². The molecule has 0 amide bonds. The lowest BCUT2D eigenvalue weighted by atomic mass is 10.1. The number of aromatic amines is 1. The summed E-state index contributed by atoms with van der Waals surface area (Å²) in [6, 6.07) is 3.14. The molecule has 6 heteroatoms. The molecule has 96 valence electrons. The SMILES string of the molecule is O=c1[nH]c(C2=CCCC2)c([N+](=O)[O-])c2ncccc12. The van der Waals surface area contributed by atoms with Gasteiger partial charge < -0.3 is 4.98 Å². The van der Waals surface area contributed by atoms with Crippen LogP contribution in [0.4, 0.5) is 5.69 Å². The van der Waals surface area contributed by atoms with Crippen LogP contribution in [0.5, 0.6) is 0 Å². The molecule has 0 fully saturated rings. The van der Waals surface area contributed by atoms with E-state index >= 15 is 0 Å². The lowest BCUT2D eigenvalue weighted by Crippen LogP contribution is -2.12. The monoisotopic (exact) mass is 257 g/mol. The summed E-state index contributed by atoms with van der Waals surface area (Å²) in [5.74, 6) is 0. The first-order valence-corrected chi connectivity index (χ1v) is 6.03. The summed E-state index contributed by atoms with van der Waals surface area (Å²) in [5.41, 5.74) is 0.842. The number of rotatable bonds is 2. The van der Waals surface area contributed by atoms with Gasteiger partial charge in [-0.25, -0.2) is 4.98 Å². The molecule has 2 aromatic rings. The van der Waals surface area contributed by atoms with Crippen molar-refractivity contribution < 1.29 is 4.92 Å². The topological polar surface area (TPSA) is 88.9 Å². The van der Waals surface area contributed by atoms with Crippen molar-refractivity contribution in [3.63, 3.8) is 0 Å².